The highest BCUT2D eigenvalue weighted by Gasteiger charge is 2.30. The minimum atomic E-state index is 0.136. The van der Waals surface area contributed by atoms with E-state index in [-0.39, 0.29) is 11.9 Å². The fourth-order valence-electron chi connectivity index (χ4n) is 3.38. The Balaban J connectivity index is 1.67. The lowest BCUT2D eigenvalue weighted by atomic mass is 10.0. The van der Waals surface area contributed by atoms with Gasteiger partial charge in [-0.3, -0.25) is 4.79 Å². The summed E-state index contributed by atoms with van der Waals surface area (Å²) in [5, 5.41) is 1.21. The maximum atomic E-state index is 12.8. The van der Waals surface area contributed by atoms with Gasteiger partial charge in [-0.15, -0.1) is 0 Å². The van der Waals surface area contributed by atoms with Crippen molar-refractivity contribution in [3.8, 4) is 0 Å². The first-order valence-corrected chi connectivity index (χ1v) is 7.76. The number of aromatic nitrogens is 1. The largest absolute Gasteiger partial charge is 0.361 e. The van der Waals surface area contributed by atoms with Gasteiger partial charge in [0.1, 0.15) is 0 Å². The molecule has 110 valence electrons. The smallest absolute Gasteiger partial charge is 0.254 e. The van der Waals surface area contributed by atoms with Crippen LogP contribution in [0.4, 0.5) is 0 Å². The molecular formula is C19H18N2O. The molecule has 0 radical (unpaired) electrons. The summed E-state index contributed by atoms with van der Waals surface area (Å²) in [5.74, 6) is 0.136. The predicted molar refractivity (Wildman–Crippen MR) is 87.8 cm³/mol. The van der Waals surface area contributed by atoms with Crippen LogP contribution in [0.15, 0.2) is 60.8 Å². The van der Waals surface area contributed by atoms with Crippen molar-refractivity contribution in [1.29, 1.82) is 0 Å². The maximum absolute atomic E-state index is 12.8. The number of hydrogen-bond donors (Lipinski definition) is 1. The van der Waals surface area contributed by atoms with Crippen molar-refractivity contribution in [2.24, 2.45) is 0 Å². The van der Waals surface area contributed by atoms with Gasteiger partial charge in [-0.25, -0.2) is 0 Å². The number of aromatic amines is 1. The standard InChI is InChI=1S/C19H18N2O/c22-19(14-5-2-1-3-6-14)21-12-4-7-18(21)16-8-9-17-15(13-16)10-11-20-17/h1-3,5-6,8-11,13,18,20H,4,7,12H2. The molecule has 1 amide bonds. The third kappa shape index (κ3) is 2.19. The molecule has 1 atom stereocenters. The van der Waals surface area contributed by atoms with Crippen LogP contribution in [0.1, 0.15) is 34.8 Å². The Morgan fingerprint density at radius 1 is 1.09 bits per heavy atom. The number of nitrogens with one attached hydrogen (secondary N) is 1. The molecule has 4 rings (SSSR count). The third-order valence-corrected chi connectivity index (χ3v) is 4.50. The summed E-state index contributed by atoms with van der Waals surface area (Å²) in [6.45, 7) is 0.837. The number of benzene rings is 2. The van der Waals surface area contributed by atoms with Crippen molar-refractivity contribution in [1.82, 2.24) is 9.88 Å². The van der Waals surface area contributed by atoms with Crippen LogP contribution in [-0.2, 0) is 0 Å². The van der Waals surface area contributed by atoms with Crippen molar-refractivity contribution in [3.63, 3.8) is 0 Å². The van der Waals surface area contributed by atoms with Crippen molar-refractivity contribution < 1.29 is 4.79 Å². The number of carbonyl (C=O) groups excluding carboxylic acids is 1. The van der Waals surface area contributed by atoms with E-state index >= 15 is 0 Å². The molecule has 1 unspecified atom stereocenters. The van der Waals surface area contributed by atoms with Gasteiger partial charge in [0.15, 0.2) is 0 Å². The lowest BCUT2D eigenvalue weighted by Gasteiger charge is -2.25. The van der Waals surface area contributed by atoms with E-state index in [1.54, 1.807) is 0 Å². The van der Waals surface area contributed by atoms with Crippen LogP contribution in [0.5, 0.6) is 0 Å². The zero-order valence-electron chi connectivity index (χ0n) is 12.3. The van der Waals surface area contributed by atoms with Gasteiger partial charge in [0, 0.05) is 23.8 Å². The van der Waals surface area contributed by atoms with E-state index in [1.807, 2.05) is 41.4 Å². The number of nitrogens with zero attached hydrogens (tertiary/aromatic N) is 1. The number of rotatable bonds is 2. The van der Waals surface area contributed by atoms with Crippen LogP contribution in [0.2, 0.25) is 0 Å². The van der Waals surface area contributed by atoms with Gasteiger partial charge >= 0.3 is 0 Å². The molecular weight excluding hydrogens is 272 g/mol. The topological polar surface area (TPSA) is 36.1 Å². The van der Waals surface area contributed by atoms with E-state index in [0.717, 1.165) is 30.5 Å². The van der Waals surface area contributed by atoms with Gasteiger partial charge in [-0.2, -0.15) is 0 Å². The molecule has 3 heteroatoms. The number of hydrogen-bond acceptors (Lipinski definition) is 1. The number of fused-ring (bicyclic) bond motifs is 1. The predicted octanol–water partition coefficient (Wildman–Crippen LogP) is 4.15. The molecule has 2 aromatic carbocycles. The highest BCUT2D eigenvalue weighted by Crippen LogP contribution is 2.34. The number of amides is 1. The highest BCUT2D eigenvalue weighted by atomic mass is 16.2. The first-order valence-electron chi connectivity index (χ1n) is 7.76. The summed E-state index contributed by atoms with van der Waals surface area (Å²) in [4.78, 5) is 18.0. The second-order valence-electron chi connectivity index (χ2n) is 5.85. The van der Waals surface area contributed by atoms with E-state index in [2.05, 4.69) is 29.2 Å². The molecule has 1 fully saturated rings. The average Bonchev–Trinajstić information content (AvgIpc) is 3.23. The van der Waals surface area contributed by atoms with Crippen LogP contribution in [0, 0.1) is 0 Å². The van der Waals surface area contributed by atoms with Gasteiger partial charge in [-0.1, -0.05) is 24.3 Å². The van der Waals surface area contributed by atoms with Crippen molar-refractivity contribution in [3.05, 3.63) is 71.9 Å². The molecule has 3 aromatic rings. The molecule has 1 aliphatic rings. The third-order valence-electron chi connectivity index (χ3n) is 4.50. The lowest BCUT2D eigenvalue weighted by Crippen LogP contribution is -2.30. The molecule has 1 aliphatic heterocycles. The van der Waals surface area contributed by atoms with Gasteiger partial charge < -0.3 is 9.88 Å². The summed E-state index contributed by atoms with van der Waals surface area (Å²) in [5.41, 5.74) is 3.15. The quantitative estimate of drug-likeness (QED) is 0.756. The summed E-state index contributed by atoms with van der Waals surface area (Å²) in [6, 6.07) is 18.3. The molecule has 0 bridgehead atoms. The zero-order valence-corrected chi connectivity index (χ0v) is 12.3. The molecule has 2 heterocycles. The monoisotopic (exact) mass is 290 g/mol. The molecule has 0 saturated carbocycles. The van der Waals surface area contributed by atoms with Crippen molar-refractivity contribution in [2.75, 3.05) is 6.54 Å². The normalized spacial score (nSPS) is 18.0. The van der Waals surface area contributed by atoms with Crippen molar-refractivity contribution in [2.45, 2.75) is 18.9 Å². The number of H-pyrrole nitrogens is 1. The maximum Gasteiger partial charge on any atom is 0.254 e. The molecule has 1 N–H and O–H groups in total. The molecule has 0 aliphatic carbocycles. The van der Waals surface area contributed by atoms with E-state index in [4.69, 9.17) is 0 Å². The Hall–Kier alpha value is -2.55. The number of carbonyl (C=O) groups is 1. The molecule has 3 nitrogen and oxygen atoms in total. The Kier molecular flexibility index (Phi) is 3.19. The van der Waals surface area contributed by atoms with Gasteiger partial charge in [-0.05, 0) is 54.1 Å². The summed E-state index contributed by atoms with van der Waals surface area (Å²) in [7, 11) is 0. The zero-order chi connectivity index (χ0) is 14.9. The van der Waals surface area contributed by atoms with Crippen LogP contribution in [0.3, 0.4) is 0 Å². The lowest BCUT2D eigenvalue weighted by molar-refractivity contribution is 0.0735. The Bertz CT molecular complexity index is 806. The fraction of sp³-hybridized carbons (Fsp3) is 0.211. The van der Waals surface area contributed by atoms with Gasteiger partial charge in [0.25, 0.3) is 5.91 Å². The average molecular weight is 290 g/mol. The second kappa shape index (κ2) is 5.34. The first kappa shape index (κ1) is 13.1. The van der Waals surface area contributed by atoms with Crippen LogP contribution >= 0.6 is 0 Å². The van der Waals surface area contributed by atoms with Crippen LogP contribution in [-0.4, -0.2) is 22.3 Å². The van der Waals surface area contributed by atoms with Gasteiger partial charge in [0.05, 0.1) is 6.04 Å². The number of likely N-dealkylation sites (tertiary alicyclic amines) is 1. The SMILES string of the molecule is O=C(c1ccccc1)N1CCCC1c1ccc2[nH]ccc2c1. The van der Waals surface area contributed by atoms with Gasteiger partial charge in [0.2, 0.25) is 0 Å². The van der Waals surface area contributed by atoms with Crippen LogP contribution < -0.4 is 0 Å². The van der Waals surface area contributed by atoms with E-state index in [1.165, 1.54) is 10.9 Å². The Labute approximate surface area is 129 Å². The minimum Gasteiger partial charge on any atom is -0.361 e. The fourth-order valence-corrected chi connectivity index (χ4v) is 3.38. The summed E-state index contributed by atoms with van der Waals surface area (Å²) < 4.78 is 0. The molecule has 1 saturated heterocycles. The van der Waals surface area contributed by atoms with E-state index < -0.39 is 0 Å². The molecule has 1 aromatic heterocycles. The highest BCUT2D eigenvalue weighted by molar-refractivity contribution is 5.94. The minimum absolute atomic E-state index is 0.136. The second-order valence-corrected chi connectivity index (χ2v) is 5.85. The van der Waals surface area contributed by atoms with Crippen molar-refractivity contribution >= 4 is 16.8 Å². The first-order chi connectivity index (χ1) is 10.8. The Morgan fingerprint density at radius 3 is 2.82 bits per heavy atom. The molecule has 0 spiro atoms. The summed E-state index contributed by atoms with van der Waals surface area (Å²) in [6.07, 6.45) is 4.05. The molecule has 22 heavy (non-hydrogen) atoms. The Morgan fingerprint density at radius 2 is 1.95 bits per heavy atom. The van der Waals surface area contributed by atoms with Crippen LogP contribution in [0.25, 0.3) is 10.9 Å². The summed E-state index contributed by atoms with van der Waals surface area (Å²) >= 11 is 0. The van der Waals surface area contributed by atoms with E-state index in [0.29, 0.717) is 0 Å². The van der Waals surface area contributed by atoms with E-state index in [9.17, 15) is 4.79 Å².